The zero-order valence-corrected chi connectivity index (χ0v) is 16.3. The van der Waals surface area contributed by atoms with Gasteiger partial charge in [0.15, 0.2) is 0 Å². The van der Waals surface area contributed by atoms with Gasteiger partial charge in [0.2, 0.25) is 4.38 Å². The third-order valence-corrected chi connectivity index (χ3v) is 5.67. The molecule has 1 aromatic carbocycles. The standard InChI is InChI=1S/C19H26N2OS2/c1-4-5-6-13-22-19(23)24-18(16(3)21-12-11-20-14-21)17-9-7-15(2)8-10-17/h7-12,14,16,18H,4-6,13H2,1-3H3. The van der Waals surface area contributed by atoms with Gasteiger partial charge in [-0.3, -0.25) is 0 Å². The van der Waals surface area contributed by atoms with Crippen LogP contribution in [0.5, 0.6) is 0 Å². The van der Waals surface area contributed by atoms with E-state index in [0.717, 1.165) is 6.42 Å². The normalized spacial score (nSPS) is 13.5. The van der Waals surface area contributed by atoms with Gasteiger partial charge in [0.05, 0.1) is 18.2 Å². The fraction of sp³-hybridized carbons (Fsp3) is 0.474. The van der Waals surface area contributed by atoms with Crippen molar-refractivity contribution >= 4 is 28.4 Å². The lowest BCUT2D eigenvalue weighted by Gasteiger charge is -2.25. The van der Waals surface area contributed by atoms with Crippen LogP contribution < -0.4 is 0 Å². The lowest BCUT2D eigenvalue weighted by molar-refractivity contribution is 0.309. The van der Waals surface area contributed by atoms with Gasteiger partial charge in [-0.25, -0.2) is 4.98 Å². The SMILES string of the molecule is CCCCCOC(=S)SC(c1ccc(C)cc1)C(C)n1ccnc1. The number of thiocarbonyl (C=S) groups is 1. The summed E-state index contributed by atoms with van der Waals surface area (Å²) >= 11 is 7.10. The van der Waals surface area contributed by atoms with Crippen molar-refractivity contribution in [2.24, 2.45) is 0 Å². The molecule has 0 N–H and O–H groups in total. The Balaban J connectivity index is 2.08. The van der Waals surface area contributed by atoms with Crippen LogP contribution in [-0.4, -0.2) is 20.5 Å². The van der Waals surface area contributed by atoms with Gasteiger partial charge in [-0.1, -0.05) is 61.4 Å². The predicted molar refractivity (Wildman–Crippen MR) is 107 cm³/mol. The van der Waals surface area contributed by atoms with Crippen molar-refractivity contribution in [3.8, 4) is 0 Å². The van der Waals surface area contributed by atoms with E-state index in [2.05, 4.69) is 54.6 Å². The summed E-state index contributed by atoms with van der Waals surface area (Å²) in [5.74, 6) is 0. The van der Waals surface area contributed by atoms with Gasteiger partial charge in [0, 0.05) is 18.4 Å². The van der Waals surface area contributed by atoms with Crippen molar-refractivity contribution in [3.05, 3.63) is 54.1 Å². The zero-order valence-electron chi connectivity index (χ0n) is 14.6. The van der Waals surface area contributed by atoms with Crippen LogP contribution in [-0.2, 0) is 4.74 Å². The second-order valence-corrected chi connectivity index (χ2v) is 7.75. The fourth-order valence-corrected chi connectivity index (χ4v) is 3.90. The Kier molecular flexibility index (Phi) is 7.79. The summed E-state index contributed by atoms with van der Waals surface area (Å²) in [4.78, 5) is 4.17. The molecule has 0 spiro atoms. The molecule has 0 saturated carbocycles. The van der Waals surface area contributed by atoms with E-state index in [4.69, 9.17) is 17.0 Å². The van der Waals surface area contributed by atoms with Gasteiger partial charge in [-0.15, -0.1) is 0 Å². The number of ether oxygens (including phenoxy) is 1. The molecule has 0 aliphatic heterocycles. The van der Waals surface area contributed by atoms with E-state index in [1.165, 1.54) is 24.0 Å². The molecule has 130 valence electrons. The van der Waals surface area contributed by atoms with E-state index in [9.17, 15) is 0 Å². The molecule has 0 bridgehead atoms. The highest BCUT2D eigenvalue weighted by atomic mass is 32.2. The molecule has 0 aliphatic rings. The topological polar surface area (TPSA) is 27.1 Å². The van der Waals surface area contributed by atoms with Gasteiger partial charge >= 0.3 is 0 Å². The summed E-state index contributed by atoms with van der Waals surface area (Å²) < 4.78 is 8.51. The summed E-state index contributed by atoms with van der Waals surface area (Å²) in [6.07, 6.45) is 9.10. The van der Waals surface area contributed by atoms with Crippen LogP contribution in [0.4, 0.5) is 0 Å². The maximum absolute atomic E-state index is 5.76. The highest BCUT2D eigenvalue weighted by molar-refractivity contribution is 8.22. The third kappa shape index (κ3) is 5.64. The van der Waals surface area contributed by atoms with Crippen molar-refractivity contribution in [3.63, 3.8) is 0 Å². The molecule has 2 aromatic rings. The fourth-order valence-electron chi connectivity index (χ4n) is 2.51. The summed E-state index contributed by atoms with van der Waals surface area (Å²) in [6, 6.07) is 8.89. The molecular weight excluding hydrogens is 336 g/mol. The van der Waals surface area contributed by atoms with Crippen LogP contribution in [0.3, 0.4) is 0 Å². The Labute approximate surface area is 154 Å². The number of hydrogen-bond donors (Lipinski definition) is 0. The molecule has 0 saturated heterocycles. The van der Waals surface area contributed by atoms with Gasteiger partial charge in [-0.2, -0.15) is 0 Å². The molecule has 5 heteroatoms. The summed E-state index contributed by atoms with van der Waals surface area (Å²) in [5.41, 5.74) is 2.52. The number of thioether (sulfide) groups is 1. The lowest BCUT2D eigenvalue weighted by atomic mass is 10.0. The van der Waals surface area contributed by atoms with Crippen LogP contribution in [0.25, 0.3) is 0 Å². The van der Waals surface area contributed by atoms with Crippen LogP contribution in [0.15, 0.2) is 43.0 Å². The lowest BCUT2D eigenvalue weighted by Crippen LogP contribution is -2.14. The molecule has 1 aromatic heterocycles. The number of benzene rings is 1. The minimum absolute atomic E-state index is 0.193. The van der Waals surface area contributed by atoms with Crippen molar-refractivity contribution in [2.45, 2.75) is 51.3 Å². The van der Waals surface area contributed by atoms with Gasteiger partial charge in [0.1, 0.15) is 0 Å². The first-order valence-corrected chi connectivity index (χ1v) is 9.78. The molecule has 0 aliphatic carbocycles. The number of aromatic nitrogens is 2. The van der Waals surface area contributed by atoms with E-state index >= 15 is 0 Å². The van der Waals surface area contributed by atoms with Crippen molar-refractivity contribution < 1.29 is 4.74 Å². The highest BCUT2D eigenvalue weighted by Crippen LogP contribution is 2.39. The molecule has 2 atom stereocenters. The molecule has 0 radical (unpaired) electrons. The first kappa shape index (κ1) is 19.0. The molecule has 2 unspecified atom stereocenters. The monoisotopic (exact) mass is 362 g/mol. The molecule has 0 amide bonds. The van der Waals surface area contributed by atoms with Crippen molar-refractivity contribution in [2.75, 3.05) is 6.61 Å². The second-order valence-electron chi connectivity index (χ2n) is 6.01. The number of rotatable bonds is 8. The van der Waals surface area contributed by atoms with E-state index in [-0.39, 0.29) is 11.3 Å². The summed E-state index contributed by atoms with van der Waals surface area (Å²) in [6.45, 7) is 7.19. The third-order valence-electron chi connectivity index (χ3n) is 4.03. The van der Waals surface area contributed by atoms with E-state index < -0.39 is 0 Å². The quantitative estimate of drug-likeness (QED) is 0.443. The zero-order chi connectivity index (χ0) is 17.4. The number of aryl methyl sites for hydroxylation is 1. The average molecular weight is 363 g/mol. The maximum Gasteiger partial charge on any atom is 0.220 e. The molecule has 1 heterocycles. The molecular formula is C19H26N2OS2. The minimum Gasteiger partial charge on any atom is -0.479 e. The van der Waals surface area contributed by atoms with Crippen molar-refractivity contribution in [1.29, 1.82) is 0 Å². The highest BCUT2D eigenvalue weighted by Gasteiger charge is 2.23. The maximum atomic E-state index is 5.76. The summed E-state index contributed by atoms with van der Waals surface area (Å²) in [7, 11) is 0. The van der Waals surface area contributed by atoms with Crippen LogP contribution >= 0.6 is 24.0 Å². The van der Waals surface area contributed by atoms with E-state index in [1.807, 2.05) is 18.7 Å². The van der Waals surface area contributed by atoms with Crippen molar-refractivity contribution in [1.82, 2.24) is 9.55 Å². The largest absolute Gasteiger partial charge is 0.479 e. The number of hydrogen-bond acceptors (Lipinski definition) is 4. The number of nitrogens with zero attached hydrogens (tertiary/aromatic N) is 2. The van der Waals surface area contributed by atoms with Crippen LogP contribution in [0.2, 0.25) is 0 Å². The Morgan fingerprint density at radius 2 is 2.04 bits per heavy atom. The van der Waals surface area contributed by atoms with Gasteiger partial charge < -0.3 is 9.30 Å². The molecule has 24 heavy (non-hydrogen) atoms. The van der Waals surface area contributed by atoms with E-state index in [0.29, 0.717) is 11.0 Å². The first-order valence-electron chi connectivity index (χ1n) is 8.49. The molecule has 3 nitrogen and oxygen atoms in total. The van der Waals surface area contributed by atoms with Gasteiger partial charge in [-0.05, 0) is 38.0 Å². The molecule has 2 rings (SSSR count). The number of unbranched alkanes of at least 4 members (excludes halogenated alkanes) is 2. The second kappa shape index (κ2) is 9.84. The van der Waals surface area contributed by atoms with Crippen LogP contribution in [0, 0.1) is 6.92 Å². The predicted octanol–water partition coefficient (Wildman–Crippen LogP) is 5.72. The number of imidazole rings is 1. The van der Waals surface area contributed by atoms with Crippen LogP contribution in [0.1, 0.15) is 55.5 Å². The molecule has 0 fully saturated rings. The Morgan fingerprint density at radius 1 is 1.29 bits per heavy atom. The summed E-state index contributed by atoms with van der Waals surface area (Å²) in [5, 5.41) is 0.193. The Hall–Kier alpha value is -1.33. The Bertz CT molecular complexity index is 611. The van der Waals surface area contributed by atoms with Gasteiger partial charge in [0.25, 0.3) is 0 Å². The van der Waals surface area contributed by atoms with E-state index in [1.54, 1.807) is 11.8 Å². The smallest absolute Gasteiger partial charge is 0.220 e. The average Bonchev–Trinajstić information content (AvgIpc) is 3.11. The first-order chi connectivity index (χ1) is 11.6. The Morgan fingerprint density at radius 3 is 2.67 bits per heavy atom. The minimum atomic E-state index is 0.193.